The number of rotatable bonds is 6. The number of ketones is 1. The van der Waals surface area contributed by atoms with Gasteiger partial charge in [-0.15, -0.1) is 0 Å². The van der Waals surface area contributed by atoms with Gasteiger partial charge in [0.1, 0.15) is 11.9 Å². The first-order chi connectivity index (χ1) is 16.5. The minimum absolute atomic E-state index is 0.0203. The molecule has 4 aliphatic carbocycles. The fourth-order valence-electron chi connectivity index (χ4n) is 8.92. The van der Waals surface area contributed by atoms with Crippen LogP contribution in [0.3, 0.4) is 0 Å². The van der Waals surface area contributed by atoms with Crippen LogP contribution in [0.2, 0.25) is 0 Å². The Morgan fingerprint density at radius 3 is 2.20 bits per heavy atom. The van der Waals surface area contributed by atoms with Gasteiger partial charge >= 0.3 is 17.9 Å². The van der Waals surface area contributed by atoms with Crippen molar-refractivity contribution in [3.63, 3.8) is 0 Å². The van der Waals surface area contributed by atoms with E-state index in [1.807, 2.05) is 0 Å². The summed E-state index contributed by atoms with van der Waals surface area (Å²) in [5, 5.41) is 0. The Kier molecular flexibility index (Phi) is 7.36. The molecular weight excluding hydrogens is 448 g/mol. The predicted octanol–water partition coefficient (Wildman–Crippen LogP) is 4.64. The number of ether oxygens (including phenoxy) is 3. The van der Waals surface area contributed by atoms with Crippen LogP contribution in [-0.2, 0) is 33.4 Å². The smallest absolute Gasteiger partial charge is 0.347 e. The quantitative estimate of drug-likeness (QED) is 0.395. The Morgan fingerprint density at radius 2 is 1.54 bits per heavy atom. The van der Waals surface area contributed by atoms with Crippen LogP contribution in [0, 0.1) is 40.4 Å². The van der Waals surface area contributed by atoms with Crippen molar-refractivity contribution in [2.45, 2.75) is 104 Å². The molecule has 0 aromatic heterocycles. The number of hydrogen-bond donors (Lipinski definition) is 0. The predicted molar refractivity (Wildman–Crippen MR) is 128 cm³/mol. The highest BCUT2D eigenvalue weighted by Crippen LogP contribution is 2.67. The molecular formula is C28H42O7. The summed E-state index contributed by atoms with van der Waals surface area (Å²) in [6.45, 7) is 7.50. The molecule has 35 heavy (non-hydrogen) atoms. The molecule has 0 aromatic rings. The van der Waals surface area contributed by atoms with E-state index in [1.54, 1.807) is 0 Å². The maximum Gasteiger partial charge on any atom is 0.347 e. The minimum Gasteiger partial charge on any atom is -0.466 e. The van der Waals surface area contributed by atoms with Gasteiger partial charge in [0.05, 0.1) is 13.5 Å². The van der Waals surface area contributed by atoms with Gasteiger partial charge in [-0.1, -0.05) is 13.8 Å². The fraction of sp³-hybridized carbons (Fsp3) is 0.857. The van der Waals surface area contributed by atoms with Gasteiger partial charge in [0.2, 0.25) is 6.10 Å². The van der Waals surface area contributed by atoms with Crippen LogP contribution in [0.4, 0.5) is 0 Å². The van der Waals surface area contributed by atoms with Gasteiger partial charge in [0.25, 0.3) is 0 Å². The number of carbonyl (C=O) groups is 4. The third-order valence-electron chi connectivity index (χ3n) is 10.5. The van der Waals surface area contributed by atoms with Crippen LogP contribution in [0.25, 0.3) is 0 Å². The molecule has 7 heteroatoms. The summed E-state index contributed by atoms with van der Waals surface area (Å²) in [5.41, 5.74) is 0.196. The lowest BCUT2D eigenvalue weighted by molar-refractivity contribution is -0.167. The second-order valence-electron chi connectivity index (χ2n) is 12.1. The molecule has 0 saturated heterocycles. The molecule has 0 aliphatic heterocycles. The minimum atomic E-state index is -1.16. The highest BCUT2D eigenvalue weighted by Gasteiger charge is 2.61. The first kappa shape index (κ1) is 26.2. The Labute approximate surface area is 209 Å². The number of hydrogen-bond acceptors (Lipinski definition) is 7. The standard InChI is InChI=1S/C28H42O7/c1-16(29)34-19-10-12-27(3)18(14-19)6-7-20-21-8-9-23(28(21,4)13-11-22(20)27)24(31)15-25(26(32)33-5)35-17(2)30/h18-23,25H,6-15H2,1-5H3. The normalized spacial score (nSPS) is 40.9. The molecule has 7 nitrogen and oxygen atoms in total. The van der Waals surface area contributed by atoms with Gasteiger partial charge in [-0.05, 0) is 92.3 Å². The molecule has 4 rings (SSSR count). The number of carbonyl (C=O) groups excluding carboxylic acids is 4. The zero-order valence-electron chi connectivity index (χ0n) is 22.0. The summed E-state index contributed by atoms with van der Waals surface area (Å²) in [6, 6.07) is 0. The van der Waals surface area contributed by atoms with Crippen LogP contribution in [0.1, 0.15) is 91.9 Å². The maximum absolute atomic E-state index is 13.5. The topological polar surface area (TPSA) is 96.0 Å². The first-order valence-electron chi connectivity index (χ1n) is 13.4. The van der Waals surface area contributed by atoms with Crippen molar-refractivity contribution in [2.24, 2.45) is 40.4 Å². The monoisotopic (exact) mass is 490 g/mol. The molecule has 0 spiro atoms. The molecule has 0 N–H and O–H groups in total. The molecule has 9 unspecified atom stereocenters. The first-order valence-corrected chi connectivity index (χ1v) is 13.4. The van der Waals surface area contributed by atoms with Crippen molar-refractivity contribution < 1.29 is 33.4 Å². The number of fused-ring (bicyclic) bond motifs is 5. The zero-order valence-corrected chi connectivity index (χ0v) is 22.0. The molecule has 0 heterocycles. The fourth-order valence-corrected chi connectivity index (χ4v) is 8.92. The van der Waals surface area contributed by atoms with Gasteiger partial charge in [-0.2, -0.15) is 0 Å². The zero-order chi connectivity index (χ0) is 25.5. The molecule has 4 saturated carbocycles. The maximum atomic E-state index is 13.5. The van der Waals surface area contributed by atoms with E-state index in [9.17, 15) is 19.2 Å². The Morgan fingerprint density at radius 1 is 0.857 bits per heavy atom. The van der Waals surface area contributed by atoms with Crippen LogP contribution < -0.4 is 0 Å². The molecule has 0 aromatic carbocycles. The molecule has 4 fully saturated rings. The number of esters is 3. The van der Waals surface area contributed by atoms with Crippen LogP contribution >= 0.6 is 0 Å². The molecule has 0 amide bonds. The van der Waals surface area contributed by atoms with E-state index in [4.69, 9.17) is 14.2 Å². The van der Waals surface area contributed by atoms with Crippen molar-refractivity contribution in [1.82, 2.24) is 0 Å². The van der Waals surface area contributed by atoms with Crippen molar-refractivity contribution in [3.05, 3.63) is 0 Å². The lowest BCUT2D eigenvalue weighted by Crippen LogP contribution is -2.54. The van der Waals surface area contributed by atoms with Gasteiger partial charge in [-0.25, -0.2) is 4.79 Å². The van der Waals surface area contributed by atoms with Gasteiger partial charge in [0.15, 0.2) is 0 Å². The largest absolute Gasteiger partial charge is 0.466 e. The van der Waals surface area contributed by atoms with Crippen LogP contribution in [-0.4, -0.2) is 43.0 Å². The van der Waals surface area contributed by atoms with E-state index < -0.39 is 18.0 Å². The molecule has 9 atom stereocenters. The number of methoxy groups -OCH3 is 1. The summed E-state index contributed by atoms with van der Waals surface area (Å²) >= 11 is 0. The highest BCUT2D eigenvalue weighted by atomic mass is 16.6. The Hall–Kier alpha value is -1.92. The van der Waals surface area contributed by atoms with Crippen LogP contribution in [0.15, 0.2) is 0 Å². The lowest BCUT2D eigenvalue weighted by Gasteiger charge is -2.61. The van der Waals surface area contributed by atoms with Gasteiger partial charge < -0.3 is 14.2 Å². The van der Waals surface area contributed by atoms with E-state index in [0.717, 1.165) is 51.4 Å². The Bertz CT molecular complexity index is 867. The van der Waals surface area contributed by atoms with Crippen molar-refractivity contribution in [3.8, 4) is 0 Å². The van der Waals surface area contributed by atoms with Crippen molar-refractivity contribution in [2.75, 3.05) is 7.11 Å². The second kappa shape index (κ2) is 9.85. The van der Waals surface area contributed by atoms with Crippen molar-refractivity contribution in [1.29, 1.82) is 0 Å². The second-order valence-corrected chi connectivity index (χ2v) is 12.1. The van der Waals surface area contributed by atoms with E-state index in [2.05, 4.69) is 13.8 Å². The van der Waals surface area contributed by atoms with E-state index in [-0.39, 0.29) is 41.0 Å². The average molecular weight is 491 g/mol. The summed E-state index contributed by atoms with van der Waals surface area (Å²) in [7, 11) is 1.24. The summed E-state index contributed by atoms with van der Waals surface area (Å²) in [6.07, 6.45) is 8.18. The van der Waals surface area contributed by atoms with Crippen LogP contribution in [0.5, 0.6) is 0 Å². The van der Waals surface area contributed by atoms with E-state index in [1.165, 1.54) is 27.4 Å². The highest BCUT2D eigenvalue weighted by molar-refractivity contribution is 5.89. The lowest BCUT2D eigenvalue weighted by atomic mass is 9.44. The van der Waals surface area contributed by atoms with Gasteiger partial charge in [-0.3, -0.25) is 14.4 Å². The SMILES string of the molecule is COC(=O)C(CC(=O)C1CCC2C3CCC4CC(OC(C)=O)CCC4(C)C3CCC12C)OC(C)=O. The van der Waals surface area contributed by atoms with E-state index in [0.29, 0.717) is 23.7 Å². The number of Topliss-reactive ketones (excluding diaryl/α,β-unsaturated/α-hetero) is 1. The summed E-state index contributed by atoms with van der Waals surface area (Å²) in [5.74, 6) is 0.835. The van der Waals surface area contributed by atoms with Crippen molar-refractivity contribution >= 4 is 23.7 Å². The molecule has 4 aliphatic rings. The summed E-state index contributed by atoms with van der Waals surface area (Å²) < 4.78 is 15.5. The molecule has 0 bridgehead atoms. The molecule has 196 valence electrons. The summed E-state index contributed by atoms with van der Waals surface area (Å²) in [4.78, 5) is 48.6. The third kappa shape index (κ3) is 4.76. The molecule has 0 radical (unpaired) electrons. The Balaban J connectivity index is 1.47. The average Bonchev–Trinajstić information content (AvgIpc) is 3.15. The van der Waals surface area contributed by atoms with Gasteiger partial charge in [0, 0.05) is 19.8 Å². The van der Waals surface area contributed by atoms with E-state index >= 15 is 0 Å². The third-order valence-corrected chi connectivity index (χ3v) is 10.5.